The topological polar surface area (TPSA) is 73.6 Å². The molecule has 0 saturated heterocycles. The molecule has 0 aliphatic heterocycles. The number of allylic oxidation sites excluding steroid dienone is 2. The minimum Gasteiger partial charge on any atom is -0.390 e. The van der Waals surface area contributed by atoms with Crippen molar-refractivity contribution < 1.29 is 28.5 Å². The molecule has 206 valence electrons. The van der Waals surface area contributed by atoms with Crippen LogP contribution in [-0.2, 0) is 0 Å². The first-order chi connectivity index (χ1) is 17.5. The van der Waals surface area contributed by atoms with Gasteiger partial charge in [-0.1, -0.05) is 33.6 Å². The average Bonchev–Trinajstić information content (AvgIpc) is 3.20. The lowest BCUT2D eigenvalue weighted by atomic mass is 9.47. The molecule has 37 heavy (non-hydrogen) atoms. The van der Waals surface area contributed by atoms with E-state index in [1.54, 1.807) is 0 Å². The Morgan fingerprint density at radius 3 is 2.43 bits per heavy atom. The third kappa shape index (κ3) is 4.37. The van der Waals surface area contributed by atoms with Crippen LogP contribution in [0.2, 0.25) is 0 Å². The van der Waals surface area contributed by atoms with Crippen molar-refractivity contribution >= 4 is 0 Å². The predicted molar refractivity (Wildman–Crippen MR) is 135 cm³/mol. The fraction of sp³-hybridized carbons (Fsp3) is 0.767. The molecule has 4 nitrogen and oxygen atoms in total. The highest BCUT2D eigenvalue weighted by molar-refractivity contribution is 5.31. The number of hydrogen-bond donors (Lipinski definition) is 3. The van der Waals surface area contributed by atoms with Gasteiger partial charge in [-0.3, -0.25) is 0 Å². The van der Waals surface area contributed by atoms with Crippen molar-refractivity contribution in [2.24, 2.45) is 40.4 Å². The number of aliphatic hydroxyl groups excluding tert-OH is 3. The van der Waals surface area contributed by atoms with Crippen molar-refractivity contribution in [3.63, 3.8) is 0 Å². The average molecular weight is 522 g/mol. The van der Waals surface area contributed by atoms with E-state index in [0.717, 1.165) is 56.4 Å². The molecule has 1 heterocycles. The summed E-state index contributed by atoms with van der Waals surface area (Å²) in [6, 6.07) is 1.07. The highest BCUT2D eigenvalue weighted by Gasteiger charge is 2.61. The molecule has 3 fully saturated rings. The molecule has 1 unspecified atom stereocenters. The molecule has 1 aromatic rings. The van der Waals surface area contributed by atoms with E-state index in [9.17, 15) is 24.1 Å². The van der Waals surface area contributed by atoms with Crippen molar-refractivity contribution in [2.45, 2.75) is 103 Å². The predicted octanol–water partition coefficient (Wildman–Crippen LogP) is 6.41. The van der Waals surface area contributed by atoms with Crippen molar-refractivity contribution in [1.29, 1.82) is 0 Å². The van der Waals surface area contributed by atoms with Crippen molar-refractivity contribution in [2.75, 3.05) is 0 Å². The van der Waals surface area contributed by atoms with Gasteiger partial charge in [-0.25, -0.2) is 13.8 Å². The first-order valence-electron chi connectivity index (χ1n) is 14.2. The highest BCUT2D eigenvalue weighted by atomic mass is 19.1. The Kier molecular flexibility index (Phi) is 7.29. The van der Waals surface area contributed by atoms with Crippen LogP contribution in [0.3, 0.4) is 0 Å². The summed E-state index contributed by atoms with van der Waals surface area (Å²) in [7, 11) is 0. The second kappa shape index (κ2) is 9.95. The normalized spacial score (nSPS) is 41.1. The second-order valence-electron chi connectivity index (χ2n) is 13.0. The molecule has 4 aliphatic carbocycles. The van der Waals surface area contributed by atoms with E-state index < -0.39 is 30.1 Å². The summed E-state index contributed by atoms with van der Waals surface area (Å²) in [5.74, 6) is -0.905. The Morgan fingerprint density at radius 1 is 1.00 bits per heavy atom. The van der Waals surface area contributed by atoms with Crippen molar-refractivity contribution in [3.8, 4) is 0 Å². The zero-order chi connectivity index (χ0) is 26.7. The SMILES string of the molecule is C[C@H](CCCC(O)c1c(F)ccnc1F)[C@H]1CC[C@H]2C3=C(F)C[C@H]4[C@@H](O)[C@@H](O)CC[C@]4(C)[C@H]3CC[C@]12C. The van der Waals surface area contributed by atoms with Crippen LogP contribution in [0.1, 0.15) is 96.6 Å². The number of aliphatic hydroxyl groups is 3. The van der Waals surface area contributed by atoms with Crippen LogP contribution < -0.4 is 0 Å². The maximum atomic E-state index is 15.8. The van der Waals surface area contributed by atoms with E-state index in [4.69, 9.17) is 0 Å². The van der Waals surface area contributed by atoms with Gasteiger partial charge in [0.2, 0.25) is 5.95 Å². The van der Waals surface area contributed by atoms with Gasteiger partial charge in [0.25, 0.3) is 0 Å². The lowest BCUT2D eigenvalue weighted by Gasteiger charge is -2.59. The number of aromatic nitrogens is 1. The molecular formula is C30H42F3NO3. The Morgan fingerprint density at radius 2 is 1.70 bits per heavy atom. The number of hydrogen-bond acceptors (Lipinski definition) is 4. The Labute approximate surface area is 218 Å². The van der Waals surface area contributed by atoms with Gasteiger partial charge in [-0.05, 0) is 97.0 Å². The fourth-order valence-corrected chi connectivity index (χ4v) is 9.26. The van der Waals surface area contributed by atoms with Crippen LogP contribution >= 0.6 is 0 Å². The van der Waals surface area contributed by atoms with Gasteiger partial charge in [0.15, 0.2) is 0 Å². The Balaban J connectivity index is 1.28. The van der Waals surface area contributed by atoms with Crippen LogP contribution in [0.4, 0.5) is 13.2 Å². The summed E-state index contributed by atoms with van der Waals surface area (Å²) in [5.41, 5.74) is 0.470. The molecule has 0 spiro atoms. The third-order valence-electron chi connectivity index (χ3n) is 11.3. The van der Waals surface area contributed by atoms with E-state index in [1.165, 1.54) is 0 Å². The Hall–Kier alpha value is -1.44. The summed E-state index contributed by atoms with van der Waals surface area (Å²) in [6.07, 6.45) is 5.50. The minimum atomic E-state index is -1.22. The number of fused-ring (bicyclic) bond motifs is 5. The minimum absolute atomic E-state index is 0.00122. The fourth-order valence-electron chi connectivity index (χ4n) is 9.26. The summed E-state index contributed by atoms with van der Waals surface area (Å²) in [5, 5.41) is 31.4. The number of nitrogens with zero attached hydrogens (tertiary/aromatic N) is 1. The lowest BCUT2D eigenvalue weighted by Crippen LogP contribution is -2.55. The van der Waals surface area contributed by atoms with E-state index in [2.05, 4.69) is 25.8 Å². The highest BCUT2D eigenvalue weighted by Crippen LogP contribution is 2.68. The summed E-state index contributed by atoms with van der Waals surface area (Å²) in [4.78, 5) is 3.47. The van der Waals surface area contributed by atoms with Gasteiger partial charge in [0.1, 0.15) is 11.6 Å². The van der Waals surface area contributed by atoms with Gasteiger partial charge >= 0.3 is 0 Å². The second-order valence-corrected chi connectivity index (χ2v) is 13.0. The van der Waals surface area contributed by atoms with Gasteiger partial charge < -0.3 is 15.3 Å². The summed E-state index contributed by atoms with van der Waals surface area (Å²) >= 11 is 0. The van der Waals surface area contributed by atoms with Crippen LogP contribution in [0, 0.1) is 52.2 Å². The van der Waals surface area contributed by atoms with E-state index in [1.807, 2.05) is 0 Å². The molecule has 1 aromatic heterocycles. The standard InChI is InChI=1S/C30H42F3NO3/c1-16(5-4-6-23(35)26-21(31)11-14-34-28(26)33)17-7-8-18-25-19(9-12-29(17,18)2)30(3)13-10-24(36)27(37)20(30)15-22(25)32/h11,14,16-20,23-24,27,35-37H,4-10,12-13,15H2,1-3H3/t16-,17-,18+,19+,20+,23?,24+,27-,29-,30-/m1/s1. The van der Waals surface area contributed by atoms with Crippen LogP contribution in [0.5, 0.6) is 0 Å². The molecule has 3 saturated carbocycles. The van der Waals surface area contributed by atoms with Gasteiger partial charge in [-0.2, -0.15) is 4.39 Å². The van der Waals surface area contributed by atoms with Crippen molar-refractivity contribution in [1.82, 2.24) is 4.98 Å². The monoisotopic (exact) mass is 521 g/mol. The molecule has 0 aromatic carbocycles. The summed E-state index contributed by atoms with van der Waals surface area (Å²) in [6.45, 7) is 6.76. The van der Waals surface area contributed by atoms with Crippen LogP contribution in [-0.4, -0.2) is 32.5 Å². The Bertz CT molecular complexity index is 1030. The molecule has 0 radical (unpaired) electrons. The maximum absolute atomic E-state index is 15.8. The van der Waals surface area contributed by atoms with E-state index in [-0.39, 0.29) is 52.8 Å². The molecule has 4 aliphatic rings. The number of pyridine rings is 1. The van der Waals surface area contributed by atoms with Gasteiger partial charge in [0, 0.05) is 12.6 Å². The molecule has 0 bridgehead atoms. The zero-order valence-electron chi connectivity index (χ0n) is 22.3. The molecule has 10 atom stereocenters. The molecular weight excluding hydrogens is 479 g/mol. The van der Waals surface area contributed by atoms with Crippen LogP contribution in [0.15, 0.2) is 23.7 Å². The van der Waals surface area contributed by atoms with Crippen LogP contribution in [0.25, 0.3) is 0 Å². The van der Waals surface area contributed by atoms with E-state index >= 15 is 4.39 Å². The molecule has 3 N–H and O–H groups in total. The maximum Gasteiger partial charge on any atom is 0.221 e. The van der Waals surface area contributed by atoms with Gasteiger partial charge in [0.05, 0.1) is 23.9 Å². The quantitative estimate of drug-likeness (QED) is 0.379. The number of rotatable bonds is 6. The largest absolute Gasteiger partial charge is 0.390 e. The van der Waals surface area contributed by atoms with Crippen molar-refractivity contribution in [3.05, 3.63) is 41.0 Å². The van der Waals surface area contributed by atoms with E-state index in [0.29, 0.717) is 24.7 Å². The zero-order valence-corrected chi connectivity index (χ0v) is 22.3. The molecule has 5 rings (SSSR count). The first-order valence-corrected chi connectivity index (χ1v) is 14.2. The van der Waals surface area contributed by atoms with Gasteiger partial charge in [-0.15, -0.1) is 0 Å². The third-order valence-corrected chi connectivity index (χ3v) is 11.3. The lowest BCUT2D eigenvalue weighted by molar-refractivity contribution is -0.128. The molecule has 0 amide bonds. The smallest absolute Gasteiger partial charge is 0.221 e. The summed E-state index contributed by atoms with van der Waals surface area (Å²) < 4.78 is 43.7. The number of halogens is 3. The molecule has 7 heteroatoms. The first kappa shape index (κ1) is 27.1.